The van der Waals surface area contributed by atoms with E-state index in [2.05, 4.69) is 50.7 Å². The molecule has 0 aliphatic heterocycles. The zero-order chi connectivity index (χ0) is 15.6. The van der Waals surface area contributed by atoms with Crippen molar-refractivity contribution >= 4 is 38.9 Å². The Morgan fingerprint density at radius 2 is 2.24 bits per heavy atom. The summed E-state index contributed by atoms with van der Waals surface area (Å²) in [6, 6.07) is 0.0373. The number of nitrogens with zero attached hydrogens (tertiary/aromatic N) is 3. The molecule has 0 aromatic carbocycles. The summed E-state index contributed by atoms with van der Waals surface area (Å²) in [7, 11) is 6.08. The van der Waals surface area contributed by atoms with E-state index in [1.54, 1.807) is 11.3 Å². The lowest BCUT2D eigenvalue weighted by Gasteiger charge is -2.19. The number of halogens is 2. The molecule has 1 atom stereocenters. The molecule has 0 fully saturated rings. The molecule has 4 nitrogen and oxygen atoms in total. The molecule has 0 aliphatic carbocycles. The summed E-state index contributed by atoms with van der Waals surface area (Å²) in [5.74, 6) is 0. The highest BCUT2D eigenvalue weighted by Gasteiger charge is 2.24. The van der Waals surface area contributed by atoms with Crippen LogP contribution in [0.5, 0.6) is 0 Å². The fraction of sp³-hybridized carbons (Fsp3) is 0.500. The van der Waals surface area contributed by atoms with E-state index >= 15 is 0 Å². The fourth-order valence-corrected chi connectivity index (χ4v) is 4.11. The lowest BCUT2D eigenvalue weighted by molar-refractivity contribution is 0.366. The maximum atomic E-state index is 6.45. The number of nitrogens with one attached hydrogen (secondary N) is 1. The van der Waals surface area contributed by atoms with E-state index in [0.29, 0.717) is 0 Å². The van der Waals surface area contributed by atoms with Gasteiger partial charge in [0.2, 0.25) is 0 Å². The topological polar surface area (TPSA) is 33.1 Å². The first-order valence-corrected chi connectivity index (χ1v) is 8.77. The molecule has 0 aliphatic rings. The van der Waals surface area contributed by atoms with Crippen molar-refractivity contribution in [2.24, 2.45) is 0 Å². The SMILES string of the molecule is CNC(c1scc(C)c1Cl)c1c(Br)cnn1CCN(C)C. The maximum Gasteiger partial charge on any atom is 0.0866 e. The monoisotopic (exact) mass is 390 g/mol. The molecule has 0 saturated carbocycles. The standard InChI is InChI=1S/C14H20BrClN4S/c1-9-8-21-14(11(9)16)12(17-2)13-10(15)7-18-20(13)6-5-19(3)4/h7-8,12,17H,5-6H2,1-4H3. The molecule has 2 aromatic heterocycles. The molecule has 2 heterocycles. The molecular formula is C14H20BrClN4S. The Kier molecular flexibility index (Phi) is 5.85. The van der Waals surface area contributed by atoms with E-state index in [0.717, 1.165) is 38.7 Å². The number of rotatable bonds is 6. The predicted octanol–water partition coefficient (Wildman–Crippen LogP) is 3.54. The van der Waals surface area contributed by atoms with Crippen molar-refractivity contribution in [2.75, 3.05) is 27.7 Å². The second-order valence-corrected chi connectivity index (χ2v) is 7.37. The molecule has 2 rings (SSSR count). The van der Waals surface area contributed by atoms with Crippen LogP contribution >= 0.6 is 38.9 Å². The van der Waals surface area contributed by atoms with Crippen molar-refractivity contribution in [2.45, 2.75) is 19.5 Å². The minimum atomic E-state index is 0.0373. The Bertz CT molecular complexity index is 608. The summed E-state index contributed by atoms with van der Waals surface area (Å²) < 4.78 is 3.04. The Morgan fingerprint density at radius 3 is 2.76 bits per heavy atom. The lowest BCUT2D eigenvalue weighted by atomic mass is 10.1. The zero-order valence-electron chi connectivity index (χ0n) is 12.7. The number of thiophene rings is 1. The van der Waals surface area contributed by atoms with E-state index < -0.39 is 0 Å². The number of hydrogen-bond acceptors (Lipinski definition) is 4. The van der Waals surface area contributed by atoms with Crippen LogP contribution in [0.3, 0.4) is 0 Å². The van der Waals surface area contributed by atoms with Crippen molar-refractivity contribution in [1.29, 1.82) is 0 Å². The number of likely N-dealkylation sites (N-methyl/N-ethyl adjacent to an activating group) is 1. The van der Waals surface area contributed by atoms with Gasteiger partial charge in [0.1, 0.15) is 0 Å². The molecule has 0 bridgehead atoms. The Morgan fingerprint density at radius 1 is 1.52 bits per heavy atom. The predicted molar refractivity (Wildman–Crippen MR) is 93.4 cm³/mol. The third-order valence-electron chi connectivity index (χ3n) is 3.34. The van der Waals surface area contributed by atoms with Crippen molar-refractivity contribution in [3.05, 3.63) is 37.2 Å². The van der Waals surface area contributed by atoms with E-state index in [-0.39, 0.29) is 6.04 Å². The highest BCUT2D eigenvalue weighted by atomic mass is 79.9. The van der Waals surface area contributed by atoms with Crippen molar-refractivity contribution in [3.8, 4) is 0 Å². The first kappa shape index (κ1) is 17.0. The van der Waals surface area contributed by atoms with Crippen molar-refractivity contribution < 1.29 is 0 Å². The summed E-state index contributed by atoms with van der Waals surface area (Å²) in [5.41, 5.74) is 2.23. The third-order valence-corrected chi connectivity index (χ3v) is 5.73. The molecule has 0 saturated heterocycles. The second-order valence-electron chi connectivity index (χ2n) is 5.22. The smallest absolute Gasteiger partial charge is 0.0866 e. The molecule has 116 valence electrons. The molecule has 7 heteroatoms. The van der Waals surface area contributed by atoms with Gasteiger partial charge in [0, 0.05) is 11.4 Å². The van der Waals surface area contributed by atoms with Crippen LogP contribution in [0.2, 0.25) is 5.02 Å². The van der Waals surface area contributed by atoms with Crippen LogP contribution in [0, 0.1) is 6.92 Å². The van der Waals surface area contributed by atoms with Crippen LogP contribution in [-0.2, 0) is 6.54 Å². The summed E-state index contributed by atoms with van der Waals surface area (Å²) in [5, 5.41) is 10.8. The quantitative estimate of drug-likeness (QED) is 0.817. The number of hydrogen-bond donors (Lipinski definition) is 1. The minimum absolute atomic E-state index is 0.0373. The molecule has 2 aromatic rings. The number of aryl methyl sites for hydroxylation is 1. The Balaban J connectivity index is 2.38. The van der Waals surface area contributed by atoms with Gasteiger partial charge in [-0.1, -0.05) is 11.6 Å². The van der Waals surface area contributed by atoms with Gasteiger partial charge in [-0.25, -0.2) is 0 Å². The van der Waals surface area contributed by atoms with Gasteiger partial charge in [0.05, 0.1) is 34.0 Å². The normalized spacial score (nSPS) is 13.1. The van der Waals surface area contributed by atoms with Crippen molar-refractivity contribution in [3.63, 3.8) is 0 Å². The highest BCUT2D eigenvalue weighted by molar-refractivity contribution is 9.10. The summed E-state index contributed by atoms with van der Waals surface area (Å²) in [6.07, 6.45) is 1.85. The van der Waals surface area contributed by atoms with E-state index in [9.17, 15) is 0 Å². The largest absolute Gasteiger partial charge is 0.308 e. The Hall–Kier alpha value is -0.400. The van der Waals surface area contributed by atoms with Crippen LogP contribution in [0.15, 0.2) is 16.0 Å². The van der Waals surface area contributed by atoms with Gasteiger partial charge in [0.15, 0.2) is 0 Å². The molecule has 0 spiro atoms. The highest BCUT2D eigenvalue weighted by Crippen LogP contribution is 2.37. The van der Waals surface area contributed by atoms with Crippen molar-refractivity contribution in [1.82, 2.24) is 20.0 Å². The first-order valence-electron chi connectivity index (χ1n) is 6.72. The van der Waals surface area contributed by atoms with E-state index in [1.807, 2.05) is 24.9 Å². The first-order chi connectivity index (χ1) is 9.95. The second kappa shape index (κ2) is 7.24. The summed E-state index contributed by atoms with van der Waals surface area (Å²) in [4.78, 5) is 3.28. The molecule has 0 radical (unpaired) electrons. The van der Waals surface area contributed by atoms with Crippen LogP contribution in [0.4, 0.5) is 0 Å². The summed E-state index contributed by atoms with van der Waals surface area (Å²) in [6.45, 7) is 3.82. The van der Waals surface area contributed by atoms with Crippen LogP contribution < -0.4 is 5.32 Å². The van der Waals surface area contributed by atoms with Gasteiger partial charge in [-0.15, -0.1) is 11.3 Å². The molecular weight excluding hydrogens is 372 g/mol. The number of aromatic nitrogens is 2. The molecule has 0 amide bonds. The molecule has 21 heavy (non-hydrogen) atoms. The lowest BCUT2D eigenvalue weighted by Crippen LogP contribution is -2.25. The fourth-order valence-electron chi connectivity index (χ4n) is 2.17. The van der Waals surface area contributed by atoms with Gasteiger partial charge in [0.25, 0.3) is 0 Å². The third kappa shape index (κ3) is 3.68. The minimum Gasteiger partial charge on any atom is -0.308 e. The van der Waals surface area contributed by atoms with Gasteiger partial charge < -0.3 is 10.2 Å². The average Bonchev–Trinajstić information content (AvgIpc) is 2.96. The summed E-state index contributed by atoms with van der Waals surface area (Å²) >= 11 is 11.7. The zero-order valence-corrected chi connectivity index (χ0v) is 15.8. The maximum absolute atomic E-state index is 6.45. The van der Waals surface area contributed by atoms with E-state index in [1.165, 1.54) is 0 Å². The van der Waals surface area contributed by atoms with Crippen LogP contribution in [0.25, 0.3) is 0 Å². The molecule has 1 unspecified atom stereocenters. The van der Waals surface area contributed by atoms with Crippen LogP contribution in [0.1, 0.15) is 22.2 Å². The van der Waals surface area contributed by atoms with Crippen LogP contribution in [-0.4, -0.2) is 42.4 Å². The van der Waals surface area contributed by atoms with Gasteiger partial charge >= 0.3 is 0 Å². The molecule has 1 N–H and O–H groups in total. The van der Waals surface area contributed by atoms with Gasteiger partial charge in [-0.05, 0) is 54.9 Å². The van der Waals surface area contributed by atoms with Gasteiger partial charge in [-0.3, -0.25) is 4.68 Å². The van der Waals surface area contributed by atoms with E-state index in [4.69, 9.17) is 11.6 Å². The average molecular weight is 392 g/mol. The Labute approximate surface area is 143 Å². The van der Waals surface area contributed by atoms with Gasteiger partial charge in [-0.2, -0.15) is 5.10 Å².